The second kappa shape index (κ2) is 8.68. The van der Waals surface area contributed by atoms with Crippen molar-refractivity contribution in [2.75, 3.05) is 39.8 Å². The van der Waals surface area contributed by atoms with Crippen molar-refractivity contribution < 1.29 is 9.53 Å². The highest BCUT2D eigenvalue weighted by Gasteiger charge is 2.32. The van der Waals surface area contributed by atoms with Crippen molar-refractivity contribution in [2.45, 2.75) is 38.8 Å². The number of nitrogens with zero attached hydrogens (tertiary/aromatic N) is 2. The highest BCUT2D eigenvalue weighted by Crippen LogP contribution is 2.35. The van der Waals surface area contributed by atoms with Crippen LogP contribution in [0.3, 0.4) is 0 Å². The lowest BCUT2D eigenvalue weighted by molar-refractivity contribution is -0.132. The Balaban J connectivity index is 1.57. The molecule has 1 atom stereocenters. The summed E-state index contributed by atoms with van der Waals surface area (Å²) >= 11 is 0. The zero-order valence-corrected chi connectivity index (χ0v) is 15.5. The molecule has 5 heteroatoms. The summed E-state index contributed by atoms with van der Waals surface area (Å²) in [5, 5.41) is 3.30. The maximum Gasteiger partial charge on any atom is 0.223 e. The third-order valence-electron chi connectivity index (χ3n) is 5.51. The van der Waals surface area contributed by atoms with Crippen LogP contribution in [0, 0.1) is 5.92 Å². The van der Waals surface area contributed by atoms with Gasteiger partial charge in [-0.25, -0.2) is 0 Å². The number of hydrogen-bond acceptors (Lipinski definition) is 4. The fraction of sp³-hybridized carbons (Fsp3) is 0.650. The van der Waals surface area contributed by atoms with Gasteiger partial charge in [0, 0.05) is 51.7 Å². The van der Waals surface area contributed by atoms with Crippen LogP contribution in [-0.2, 0) is 11.3 Å². The molecular weight excluding hydrogens is 314 g/mol. The first-order chi connectivity index (χ1) is 12.2. The van der Waals surface area contributed by atoms with Gasteiger partial charge in [0.15, 0.2) is 0 Å². The average molecular weight is 345 g/mol. The molecule has 25 heavy (non-hydrogen) atoms. The lowest BCUT2D eigenvalue weighted by Crippen LogP contribution is -2.47. The van der Waals surface area contributed by atoms with Crippen LogP contribution in [0.2, 0.25) is 0 Å². The van der Waals surface area contributed by atoms with E-state index in [0.29, 0.717) is 18.4 Å². The van der Waals surface area contributed by atoms with Crippen LogP contribution < -0.4 is 10.1 Å². The van der Waals surface area contributed by atoms with E-state index >= 15 is 0 Å². The van der Waals surface area contributed by atoms with Crippen molar-refractivity contribution in [1.29, 1.82) is 0 Å². The van der Waals surface area contributed by atoms with Gasteiger partial charge < -0.3 is 15.0 Å². The van der Waals surface area contributed by atoms with Crippen LogP contribution in [0.15, 0.2) is 24.3 Å². The van der Waals surface area contributed by atoms with E-state index in [9.17, 15) is 4.79 Å². The van der Waals surface area contributed by atoms with Crippen molar-refractivity contribution in [3.05, 3.63) is 29.8 Å². The Labute approximate surface area is 151 Å². The first-order valence-corrected chi connectivity index (χ1v) is 9.53. The highest BCUT2D eigenvalue weighted by atomic mass is 16.5. The van der Waals surface area contributed by atoms with Crippen LogP contribution in [0.25, 0.3) is 0 Å². The van der Waals surface area contributed by atoms with Gasteiger partial charge in [0.25, 0.3) is 0 Å². The monoisotopic (exact) mass is 345 g/mol. The van der Waals surface area contributed by atoms with E-state index in [-0.39, 0.29) is 0 Å². The Morgan fingerprint density at radius 1 is 1.28 bits per heavy atom. The Kier molecular flexibility index (Phi) is 6.32. The predicted molar refractivity (Wildman–Crippen MR) is 99.7 cm³/mol. The zero-order valence-electron chi connectivity index (χ0n) is 15.5. The number of nitrogens with one attached hydrogen (secondary N) is 1. The number of piperazine rings is 1. The minimum Gasteiger partial charge on any atom is -0.497 e. The lowest BCUT2D eigenvalue weighted by atomic mass is 10.1. The van der Waals surface area contributed by atoms with Gasteiger partial charge in [-0.15, -0.1) is 0 Å². The number of amides is 1. The third kappa shape index (κ3) is 5.19. The average Bonchev–Trinajstić information content (AvgIpc) is 3.50. The Bertz CT molecular complexity index is 551. The topological polar surface area (TPSA) is 44.8 Å². The molecule has 1 aliphatic carbocycles. The summed E-state index contributed by atoms with van der Waals surface area (Å²) in [5.41, 5.74) is 1.28. The molecule has 1 saturated carbocycles. The summed E-state index contributed by atoms with van der Waals surface area (Å²) in [6.45, 7) is 7.57. The van der Waals surface area contributed by atoms with Gasteiger partial charge in [-0.2, -0.15) is 0 Å². The first-order valence-electron chi connectivity index (χ1n) is 9.53. The number of ether oxygens (including phenoxy) is 1. The molecule has 0 spiro atoms. The molecule has 138 valence electrons. The maximum absolute atomic E-state index is 12.5. The number of carbonyl (C=O) groups excluding carboxylic acids is 1. The lowest BCUT2D eigenvalue weighted by Gasteiger charge is -2.31. The Morgan fingerprint density at radius 3 is 2.56 bits per heavy atom. The largest absolute Gasteiger partial charge is 0.497 e. The molecule has 3 rings (SSSR count). The smallest absolute Gasteiger partial charge is 0.223 e. The number of benzene rings is 1. The SMILES string of the molecule is COc1ccc(CN(CCC(=O)N2CCNCC2)C(C)C2CC2)cc1. The molecule has 1 aliphatic heterocycles. The molecule has 1 amide bonds. The van der Waals surface area contributed by atoms with Crippen LogP contribution in [0.4, 0.5) is 0 Å². The first kappa shape index (κ1) is 18.2. The quantitative estimate of drug-likeness (QED) is 0.784. The van der Waals surface area contributed by atoms with E-state index in [1.807, 2.05) is 17.0 Å². The van der Waals surface area contributed by atoms with Crippen LogP contribution in [-0.4, -0.2) is 61.6 Å². The van der Waals surface area contributed by atoms with Crippen molar-refractivity contribution >= 4 is 5.91 Å². The molecule has 0 aromatic heterocycles. The van der Waals surface area contributed by atoms with Crippen LogP contribution in [0.5, 0.6) is 5.75 Å². The van der Waals surface area contributed by atoms with Gasteiger partial charge in [-0.05, 0) is 43.4 Å². The normalized spacial score (nSPS) is 19.1. The second-order valence-corrected chi connectivity index (χ2v) is 7.28. The third-order valence-corrected chi connectivity index (χ3v) is 5.51. The molecule has 2 aliphatic rings. The number of hydrogen-bond donors (Lipinski definition) is 1. The molecule has 1 unspecified atom stereocenters. The van der Waals surface area contributed by atoms with E-state index in [0.717, 1.165) is 50.9 Å². The van der Waals surface area contributed by atoms with Crippen molar-refractivity contribution in [1.82, 2.24) is 15.1 Å². The van der Waals surface area contributed by atoms with E-state index in [2.05, 4.69) is 29.3 Å². The molecule has 1 N–H and O–H groups in total. The van der Waals surface area contributed by atoms with Gasteiger partial charge in [0.05, 0.1) is 7.11 Å². The maximum atomic E-state index is 12.5. The summed E-state index contributed by atoms with van der Waals surface area (Å²) < 4.78 is 5.25. The van der Waals surface area contributed by atoms with E-state index < -0.39 is 0 Å². The van der Waals surface area contributed by atoms with Gasteiger partial charge >= 0.3 is 0 Å². The van der Waals surface area contributed by atoms with Crippen molar-refractivity contribution in [2.24, 2.45) is 5.92 Å². The molecule has 1 heterocycles. The van der Waals surface area contributed by atoms with Crippen molar-refractivity contribution in [3.8, 4) is 5.75 Å². The fourth-order valence-corrected chi connectivity index (χ4v) is 3.58. The summed E-state index contributed by atoms with van der Waals surface area (Å²) in [7, 11) is 1.69. The molecule has 0 bridgehead atoms. The minimum absolute atomic E-state index is 0.296. The number of rotatable bonds is 8. The molecule has 2 fully saturated rings. The molecule has 1 saturated heterocycles. The van der Waals surface area contributed by atoms with E-state index in [4.69, 9.17) is 4.74 Å². The van der Waals surface area contributed by atoms with Gasteiger partial charge in [0.1, 0.15) is 5.75 Å². The van der Waals surface area contributed by atoms with Gasteiger partial charge in [-0.1, -0.05) is 12.1 Å². The van der Waals surface area contributed by atoms with Crippen LogP contribution in [0.1, 0.15) is 31.7 Å². The summed E-state index contributed by atoms with van der Waals surface area (Å²) in [6, 6.07) is 8.83. The summed E-state index contributed by atoms with van der Waals surface area (Å²) in [6.07, 6.45) is 3.27. The van der Waals surface area contributed by atoms with Gasteiger partial charge in [-0.3, -0.25) is 9.69 Å². The Morgan fingerprint density at radius 2 is 1.96 bits per heavy atom. The minimum atomic E-state index is 0.296. The van der Waals surface area contributed by atoms with Gasteiger partial charge in [0.2, 0.25) is 5.91 Å². The highest BCUT2D eigenvalue weighted by molar-refractivity contribution is 5.76. The standard InChI is InChI=1S/C20H31N3O2/c1-16(18-5-6-18)23(15-17-3-7-19(25-2)8-4-17)12-9-20(24)22-13-10-21-11-14-22/h3-4,7-8,16,18,21H,5-6,9-15H2,1-2H3. The summed E-state index contributed by atoms with van der Waals surface area (Å²) in [4.78, 5) is 17.0. The molecule has 5 nitrogen and oxygen atoms in total. The molecular formula is C20H31N3O2. The predicted octanol–water partition coefficient (Wildman–Crippen LogP) is 2.12. The van der Waals surface area contributed by atoms with E-state index in [1.165, 1.54) is 18.4 Å². The van der Waals surface area contributed by atoms with Crippen LogP contribution >= 0.6 is 0 Å². The second-order valence-electron chi connectivity index (χ2n) is 7.28. The fourth-order valence-electron chi connectivity index (χ4n) is 3.58. The number of carbonyl (C=O) groups is 1. The summed E-state index contributed by atoms with van der Waals surface area (Å²) in [5.74, 6) is 1.98. The van der Waals surface area contributed by atoms with E-state index in [1.54, 1.807) is 7.11 Å². The molecule has 1 aromatic rings. The molecule has 1 aromatic carbocycles. The molecule has 0 radical (unpaired) electrons. The zero-order chi connectivity index (χ0) is 17.6. The Hall–Kier alpha value is -1.59. The van der Waals surface area contributed by atoms with Crippen molar-refractivity contribution in [3.63, 3.8) is 0 Å². The number of methoxy groups -OCH3 is 1.